The van der Waals surface area contributed by atoms with Crippen LogP contribution in [0.25, 0.3) is 11.1 Å². The molecule has 12 heteroatoms. The molecule has 2 aromatic carbocycles. The van der Waals surface area contributed by atoms with Gasteiger partial charge in [0.15, 0.2) is 0 Å². The molecule has 0 radical (unpaired) electrons. The Labute approximate surface area is 278 Å². The molecular formula is C36H38N8O4. The summed E-state index contributed by atoms with van der Waals surface area (Å²) in [5, 5.41) is 21.6. The number of anilines is 2. The van der Waals surface area contributed by atoms with Gasteiger partial charge in [-0.1, -0.05) is 0 Å². The maximum Gasteiger partial charge on any atom is 0.223 e. The first-order valence-electron chi connectivity index (χ1n) is 15.8. The normalized spacial score (nSPS) is 14.6. The number of carbonyl (C=O) groups excluding carboxylic acids is 2. The van der Waals surface area contributed by atoms with E-state index in [0.29, 0.717) is 44.7 Å². The minimum absolute atomic E-state index is 0.0198. The summed E-state index contributed by atoms with van der Waals surface area (Å²) < 4.78 is 1.88. The van der Waals surface area contributed by atoms with Crippen molar-refractivity contribution >= 4 is 23.2 Å². The Bertz CT molecular complexity index is 1900. The molecule has 1 saturated heterocycles. The summed E-state index contributed by atoms with van der Waals surface area (Å²) in [5.41, 5.74) is 17.8. The number of pyridine rings is 2. The molecular weight excluding hydrogens is 608 g/mol. The molecule has 6 N–H and O–H groups in total. The summed E-state index contributed by atoms with van der Waals surface area (Å²) in [5.74, 6) is -0.663. The van der Waals surface area contributed by atoms with Gasteiger partial charge in [0, 0.05) is 81.0 Å². The number of nitrogens with two attached hydrogens (primary N) is 2. The van der Waals surface area contributed by atoms with E-state index in [2.05, 4.69) is 24.8 Å². The summed E-state index contributed by atoms with van der Waals surface area (Å²) in [6.07, 6.45) is 9.96. The molecule has 0 spiro atoms. The molecule has 48 heavy (non-hydrogen) atoms. The average Bonchev–Trinajstić information content (AvgIpc) is 3.43. The number of hydrogen-bond acceptors (Lipinski definition) is 9. The van der Waals surface area contributed by atoms with Gasteiger partial charge in [0.2, 0.25) is 11.8 Å². The minimum atomic E-state index is -0.465. The molecule has 0 bridgehead atoms. The fraction of sp³-hybridized carbons (Fsp3) is 0.250. The third kappa shape index (κ3) is 7.55. The van der Waals surface area contributed by atoms with E-state index >= 15 is 0 Å². The van der Waals surface area contributed by atoms with E-state index in [-0.39, 0.29) is 36.3 Å². The quantitative estimate of drug-likeness (QED) is 0.158. The highest BCUT2D eigenvalue weighted by molar-refractivity contribution is 5.82. The number of phenols is 2. The molecule has 6 rings (SSSR count). The number of aromatic nitrogens is 4. The molecule has 0 saturated carbocycles. The zero-order valence-corrected chi connectivity index (χ0v) is 26.4. The lowest BCUT2D eigenvalue weighted by Gasteiger charge is -2.44. The Morgan fingerprint density at radius 1 is 0.875 bits per heavy atom. The third-order valence-corrected chi connectivity index (χ3v) is 8.65. The Hall–Kier alpha value is -5.91. The molecule has 12 nitrogen and oxygen atoms in total. The van der Waals surface area contributed by atoms with E-state index in [1.165, 1.54) is 0 Å². The Morgan fingerprint density at radius 3 is 2.46 bits per heavy atom. The van der Waals surface area contributed by atoms with Crippen LogP contribution >= 0.6 is 0 Å². The van der Waals surface area contributed by atoms with Crippen molar-refractivity contribution < 1.29 is 19.8 Å². The van der Waals surface area contributed by atoms with Crippen LogP contribution in [0.1, 0.15) is 35.4 Å². The second-order valence-corrected chi connectivity index (χ2v) is 12.0. The molecule has 1 unspecified atom stereocenters. The first-order chi connectivity index (χ1) is 23.2. The van der Waals surface area contributed by atoms with Crippen LogP contribution in [0.15, 0.2) is 91.8 Å². The average molecular weight is 647 g/mol. The van der Waals surface area contributed by atoms with Crippen LogP contribution in [0.4, 0.5) is 11.4 Å². The Kier molecular flexibility index (Phi) is 9.51. The lowest BCUT2D eigenvalue weighted by atomic mass is 9.97. The summed E-state index contributed by atoms with van der Waals surface area (Å²) in [6, 6.07) is 18.2. The lowest BCUT2D eigenvalue weighted by Crippen LogP contribution is -2.54. The van der Waals surface area contributed by atoms with Crippen LogP contribution in [0, 0.1) is 0 Å². The zero-order valence-electron chi connectivity index (χ0n) is 26.4. The number of carbonyl (C=O) groups is 2. The number of aromatic hydroxyl groups is 2. The van der Waals surface area contributed by atoms with Crippen LogP contribution in [-0.4, -0.2) is 67.2 Å². The topological polar surface area (TPSA) is 177 Å². The predicted octanol–water partition coefficient (Wildman–Crippen LogP) is 3.38. The van der Waals surface area contributed by atoms with Gasteiger partial charge in [-0.2, -0.15) is 0 Å². The standard InChI is InChI=1S/C36H38N8O4/c37-35(47)6-3-28-22-42(27-2-1-9-40-20-27)12-13-44(28)33-18-29(45)4-5-31(33)26-14-25(15-30(46)17-26)21-43-23-41-32(34(43)19-36(38)48)16-24-7-10-39-11-8-24/h1-2,4-5,7-11,14-15,17-18,20,23,28,45-46H,3,6,12-13,16,19,21-22H2,(H2,37,47)(H2,38,48). The zero-order chi connectivity index (χ0) is 33.6. The highest BCUT2D eigenvalue weighted by atomic mass is 16.3. The van der Waals surface area contributed by atoms with Gasteiger partial charge in [-0.15, -0.1) is 0 Å². The smallest absolute Gasteiger partial charge is 0.223 e. The molecule has 4 heterocycles. The van der Waals surface area contributed by atoms with Gasteiger partial charge >= 0.3 is 0 Å². The van der Waals surface area contributed by atoms with E-state index in [9.17, 15) is 19.8 Å². The van der Waals surface area contributed by atoms with Crippen molar-refractivity contribution in [3.8, 4) is 22.6 Å². The molecule has 1 aliphatic heterocycles. The number of nitrogens with zero attached hydrogens (tertiary/aromatic N) is 6. The van der Waals surface area contributed by atoms with Crippen LogP contribution in [0.2, 0.25) is 0 Å². The van der Waals surface area contributed by atoms with Gasteiger partial charge in [0.25, 0.3) is 0 Å². The van der Waals surface area contributed by atoms with Gasteiger partial charge < -0.3 is 36.0 Å². The van der Waals surface area contributed by atoms with Crippen molar-refractivity contribution in [3.05, 3.63) is 114 Å². The first-order valence-corrected chi connectivity index (χ1v) is 15.8. The van der Waals surface area contributed by atoms with E-state index < -0.39 is 5.91 Å². The molecule has 5 aromatic rings. The fourth-order valence-corrected chi connectivity index (χ4v) is 6.42. The SMILES string of the molecule is NC(=O)CCC1CN(c2cccnc2)CCN1c1cc(O)ccc1-c1cc(O)cc(Cn2cnc(Cc3ccncc3)c2CC(N)=O)c1. The monoisotopic (exact) mass is 646 g/mol. The van der Waals surface area contributed by atoms with Crippen LogP contribution < -0.4 is 21.3 Å². The number of hydrogen-bond donors (Lipinski definition) is 4. The largest absolute Gasteiger partial charge is 0.508 e. The van der Waals surface area contributed by atoms with E-state index in [0.717, 1.165) is 39.3 Å². The number of rotatable bonds is 12. The number of phenolic OH excluding ortho intramolecular Hbond substituents is 2. The Balaban J connectivity index is 1.32. The van der Waals surface area contributed by atoms with Gasteiger partial charge in [0.1, 0.15) is 11.5 Å². The fourth-order valence-electron chi connectivity index (χ4n) is 6.42. The van der Waals surface area contributed by atoms with Crippen molar-refractivity contribution in [3.63, 3.8) is 0 Å². The number of primary amides is 2. The molecule has 246 valence electrons. The molecule has 1 atom stereocenters. The highest BCUT2D eigenvalue weighted by Gasteiger charge is 2.30. The van der Waals surface area contributed by atoms with Crippen molar-refractivity contribution in [2.24, 2.45) is 11.5 Å². The highest BCUT2D eigenvalue weighted by Crippen LogP contribution is 2.39. The summed E-state index contributed by atoms with van der Waals surface area (Å²) in [7, 11) is 0. The van der Waals surface area contributed by atoms with Crippen molar-refractivity contribution in [1.82, 2.24) is 19.5 Å². The van der Waals surface area contributed by atoms with E-state index in [1.807, 2.05) is 47.2 Å². The predicted molar refractivity (Wildman–Crippen MR) is 182 cm³/mol. The second kappa shape index (κ2) is 14.2. The molecule has 3 aromatic heterocycles. The van der Waals surface area contributed by atoms with Gasteiger partial charge in [-0.25, -0.2) is 4.98 Å². The van der Waals surface area contributed by atoms with Crippen molar-refractivity contribution in [2.75, 3.05) is 29.4 Å². The van der Waals surface area contributed by atoms with E-state index in [1.54, 1.807) is 49.2 Å². The maximum absolute atomic E-state index is 12.1. The number of piperazine rings is 1. The van der Waals surface area contributed by atoms with E-state index in [4.69, 9.17) is 11.5 Å². The number of benzene rings is 2. The maximum atomic E-state index is 12.1. The van der Waals surface area contributed by atoms with Crippen LogP contribution in [0.5, 0.6) is 11.5 Å². The third-order valence-electron chi connectivity index (χ3n) is 8.65. The van der Waals surface area contributed by atoms with Gasteiger partial charge in [-0.05, 0) is 77.7 Å². The van der Waals surface area contributed by atoms with Crippen molar-refractivity contribution in [1.29, 1.82) is 0 Å². The number of amides is 2. The van der Waals surface area contributed by atoms with Crippen molar-refractivity contribution in [2.45, 2.75) is 38.3 Å². The summed E-state index contributed by atoms with van der Waals surface area (Å²) >= 11 is 0. The summed E-state index contributed by atoms with van der Waals surface area (Å²) in [6.45, 7) is 2.28. The summed E-state index contributed by atoms with van der Waals surface area (Å²) in [4.78, 5) is 41.3. The molecule has 1 aliphatic rings. The first kappa shape index (κ1) is 32.0. The van der Waals surface area contributed by atoms with Gasteiger partial charge in [0.05, 0.1) is 36.0 Å². The molecule has 0 aliphatic carbocycles. The molecule has 1 fully saturated rings. The van der Waals surface area contributed by atoms with Gasteiger partial charge in [-0.3, -0.25) is 19.6 Å². The minimum Gasteiger partial charge on any atom is -0.508 e. The number of imidazole rings is 1. The van der Waals surface area contributed by atoms with Crippen LogP contribution in [-0.2, 0) is 29.0 Å². The lowest BCUT2D eigenvalue weighted by molar-refractivity contribution is -0.118. The van der Waals surface area contributed by atoms with Crippen LogP contribution in [0.3, 0.4) is 0 Å². The Morgan fingerprint density at radius 2 is 1.71 bits per heavy atom. The second-order valence-electron chi connectivity index (χ2n) is 12.0. The molecule has 2 amide bonds.